The first-order valence-electron chi connectivity index (χ1n) is 12.5. The van der Waals surface area contributed by atoms with Gasteiger partial charge in [-0.3, -0.25) is 9.69 Å². The van der Waals surface area contributed by atoms with Crippen LogP contribution in [0.3, 0.4) is 0 Å². The zero-order chi connectivity index (χ0) is 28.5. The average Bonchev–Trinajstić information content (AvgIpc) is 3.31. The number of likely N-dealkylation sites (tertiary alicyclic amines) is 1. The second-order valence-corrected chi connectivity index (χ2v) is 12.8. The molecule has 2 fully saturated rings. The molecule has 0 aliphatic carbocycles. The predicted octanol–water partition coefficient (Wildman–Crippen LogP) is 4.60. The third-order valence-corrected chi connectivity index (χ3v) is 9.40. The minimum Gasteiger partial charge on any atom is -0.490 e. The van der Waals surface area contributed by atoms with Crippen molar-refractivity contribution in [2.75, 3.05) is 52.1 Å². The molecular formula is C26H30Cl2F3N3O4S. The number of halogens is 5. The summed E-state index contributed by atoms with van der Waals surface area (Å²) in [7, 11) is -3.27. The molecular weight excluding hydrogens is 578 g/mol. The fourth-order valence-corrected chi connectivity index (χ4v) is 6.27. The van der Waals surface area contributed by atoms with Gasteiger partial charge in [0.25, 0.3) is 0 Å². The number of carbonyl (C=O) groups is 1. The van der Waals surface area contributed by atoms with Gasteiger partial charge in [0.2, 0.25) is 15.9 Å². The van der Waals surface area contributed by atoms with E-state index in [1.54, 1.807) is 17.0 Å². The minimum absolute atomic E-state index is 0.0860. The summed E-state index contributed by atoms with van der Waals surface area (Å²) in [5, 5.41) is 0.794. The Balaban J connectivity index is 1.47. The van der Waals surface area contributed by atoms with Gasteiger partial charge in [0.1, 0.15) is 11.9 Å². The van der Waals surface area contributed by atoms with Crippen LogP contribution in [0.1, 0.15) is 24.0 Å². The summed E-state index contributed by atoms with van der Waals surface area (Å²) in [5.74, 6) is -0.0974. The number of amides is 1. The molecule has 1 unspecified atom stereocenters. The fraction of sp³-hybridized carbons (Fsp3) is 0.500. The number of alkyl halides is 3. The van der Waals surface area contributed by atoms with Gasteiger partial charge in [-0.05, 0) is 48.9 Å². The summed E-state index contributed by atoms with van der Waals surface area (Å²) >= 11 is 12.4. The van der Waals surface area contributed by atoms with Crippen LogP contribution in [-0.2, 0) is 21.0 Å². The Morgan fingerprint density at radius 1 is 1.03 bits per heavy atom. The lowest BCUT2D eigenvalue weighted by molar-refractivity contribution is -0.137. The molecule has 0 spiro atoms. The summed E-state index contributed by atoms with van der Waals surface area (Å²) in [6.45, 7) is 4.37. The van der Waals surface area contributed by atoms with Crippen LogP contribution in [0.25, 0.3) is 0 Å². The lowest BCUT2D eigenvalue weighted by atomic mass is 9.85. The van der Waals surface area contributed by atoms with Gasteiger partial charge in [-0.1, -0.05) is 29.3 Å². The van der Waals surface area contributed by atoms with E-state index in [-0.39, 0.29) is 24.3 Å². The van der Waals surface area contributed by atoms with Crippen molar-refractivity contribution < 1.29 is 31.1 Å². The maximum absolute atomic E-state index is 13.3. The van der Waals surface area contributed by atoms with Crippen molar-refractivity contribution in [1.29, 1.82) is 0 Å². The Bertz CT molecular complexity index is 1290. The van der Waals surface area contributed by atoms with Gasteiger partial charge in [0.05, 0.1) is 28.4 Å². The summed E-state index contributed by atoms with van der Waals surface area (Å²) in [6.07, 6.45) is -3.69. The smallest absolute Gasteiger partial charge is 0.416 e. The molecule has 214 valence electrons. The number of hydrogen-bond donors (Lipinski definition) is 0. The maximum atomic E-state index is 13.3. The van der Waals surface area contributed by atoms with E-state index in [9.17, 15) is 26.4 Å². The van der Waals surface area contributed by atoms with Crippen molar-refractivity contribution in [2.24, 2.45) is 5.92 Å². The molecule has 0 bridgehead atoms. The van der Waals surface area contributed by atoms with Crippen molar-refractivity contribution in [1.82, 2.24) is 14.1 Å². The number of rotatable bonds is 7. The molecule has 4 rings (SSSR count). The molecule has 0 saturated carbocycles. The molecule has 0 N–H and O–H groups in total. The Kier molecular flexibility index (Phi) is 9.07. The summed E-state index contributed by atoms with van der Waals surface area (Å²) < 4.78 is 69.9. The number of sulfonamides is 1. The van der Waals surface area contributed by atoms with Crippen LogP contribution in [0.4, 0.5) is 13.2 Å². The van der Waals surface area contributed by atoms with Gasteiger partial charge < -0.3 is 9.64 Å². The molecule has 0 aromatic heterocycles. The second kappa shape index (κ2) is 11.8. The van der Waals surface area contributed by atoms with E-state index in [0.717, 1.165) is 17.7 Å². The number of piperazine rings is 1. The van der Waals surface area contributed by atoms with Gasteiger partial charge in [0.15, 0.2) is 0 Å². The molecule has 13 heteroatoms. The lowest BCUT2D eigenvalue weighted by Gasteiger charge is -2.33. The van der Waals surface area contributed by atoms with Gasteiger partial charge in [-0.2, -0.15) is 17.5 Å². The molecule has 7 nitrogen and oxygen atoms in total. The molecule has 2 heterocycles. The van der Waals surface area contributed by atoms with Crippen molar-refractivity contribution in [3.8, 4) is 5.75 Å². The van der Waals surface area contributed by atoms with Crippen LogP contribution < -0.4 is 4.74 Å². The molecule has 2 aromatic rings. The van der Waals surface area contributed by atoms with E-state index in [4.69, 9.17) is 27.9 Å². The maximum Gasteiger partial charge on any atom is 0.416 e. The largest absolute Gasteiger partial charge is 0.490 e. The number of benzene rings is 2. The molecule has 39 heavy (non-hydrogen) atoms. The number of hydrogen-bond acceptors (Lipinski definition) is 5. The highest BCUT2D eigenvalue weighted by molar-refractivity contribution is 7.88. The lowest BCUT2D eigenvalue weighted by Crippen LogP contribution is -2.51. The van der Waals surface area contributed by atoms with Gasteiger partial charge in [0, 0.05) is 51.1 Å². The monoisotopic (exact) mass is 607 g/mol. The van der Waals surface area contributed by atoms with E-state index in [2.05, 4.69) is 0 Å². The number of nitrogens with zero attached hydrogens (tertiary/aromatic N) is 3. The third kappa shape index (κ3) is 7.38. The molecule has 0 radical (unpaired) electrons. The third-order valence-electron chi connectivity index (χ3n) is 7.36. The SMILES string of the molecule is CC(Oc1ccc(C(F)(F)F)cc1)[C@@H]1CN(C(=O)CN2CCN(S(C)(=O)=O)CC2)C[C@H]1c1ccc(Cl)c(Cl)c1. The highest BCUT2D eigenvalue weighted by Gasteiger charge is 2.41. The first-order valence-corrected chi connectivity index (χ1v) is 15.1. The average molecular weight is 609 g/mol. The molecule has 2 saturated heterocycles. The van der Waals surface area contributed by atoms with Gasteiger partial charge >= 0.3 is 6.18 Å². The Morgan fingerprint density at radius 3 is 2.23 bits per heavy atom. The van der Waals surface area contributed by atoms with Crippen LogP contribution in [0.2, 0.25) is 10.0 Å². The van der Waals surface area contributed by atoms with Crippen LogP contribution >= 0.6 is 23.2 Å². The van der Waals surface area contributed by atoms with Crippen LogP contribution in [0, 0.1) is 5.92 Å². The van der Waals surface area contributed by atoms with Gasteiger partial charge in [-0.25, -0.2) is 8.42 Å². The second-order valence-electron chi connectivity index (χ2n) is 10.0. The van der Waals surface area contributed by atoms with Crippen molar-refractivity contribution in [3.63, 3.8) is 0 Å². The zero-order valence-corrected chi connectivity index (χ0v) is 23.8. The van der Waals surface area contributed by atoms with E-state index in [1.165, 1.54) is 22.7 Å². The Labute approximate surface area is 236 Å². The first-order chi connectivity index (χ1) is 18.2. The van der Waals surface area contributed by atoms with E-state index < -0.39 is 27.9 Å². The Hall–Kier alpha value is -2.05. The summed E-state index contributed by atoms with van der Waals surface area (Å²) in [6, 6.07) is 9.87. The van der Waals surface area contributed by atoms with Crippen molar-refractivity contribution >= 4 is 39.1 Å². The fourth-order valence-electron chi connectivity index (χ4n) is 5.14. The Morgan fingerprint density at radius 2 is 1.67 bits per heavy atom. The predicted molar refractivity (Wildman–Crippen MR) is 144 cm³/mol. The highest BCUT2D eigenvalue weighted by atomic mass is 35.5. The normalized spacial score (nSPS) is 22.2. The zero-order valence-electron chi connectivity index (χ0n) is 21.5. The minimum atomic E-state index is -4.44. The summed E-state index contributed by atoms with van der Waals surface area (Å²) in [4.78, 5) is 17.0. The molecule has 2 aliphatic heterocycles. The van der Waals surface area contributed by atoms with Crippen molar-refractivity contribution in [2.45, 2.75) is 25.1 Å². The van der Waals surface area contributed by atoms with Crippen LogP contribution in [-0.4, -0.2) is 86.6 Å². The number of carbonyl (C=O) groups excluding carboxylic acids is 1. The van der Waals surface area contributed by atoms with E-state index in [0.29, 0.717) is 55.1 Å². The highest BCUT2D eigenvalue weighted by Crippen LogP contribution is 2.39. The van der Waals surface area contributed by atoms with E-state index >= 15 is 0 Å². The standard InChI is InChI=1S/C26H30Cl2F3N3O4S/c1-17(38-20-6-4-19(5-7-20)26(29,30)31)21-14-33(15-22(21)18-3-8-23(27)24(28)13-18)25(35)16-32-9-11-34(12-10-32)39(2,36)37/h3-8,13,17,21-22H,9-12,14-16H2,1-2H3/t17?,21-,22-/m0/s1. The van der Waals surface area contributed by atoms with Crippen LogP contribution in [0.5, 0.6) is 5.75 Å². The van der Waals surface area contributed by atoms with Crippen LogP contribution in [0.15, 0.2) is 42.5 Å². The van der Waals surface area contributed by atoms with Crippen molar-refractivity contribution in [3.05, 3.63) is 63.6 Å². The quantitative estimate of drug-likeness (QED) is 0.460. The molecule has 2 aliphatic rings. The molecule has 2 aromatic carbocycles. The van der Waals surface area contributed by atoms with Gasteiger partial charge in [-0.15, -0.1) is 0 Å². The molecule has 1 amide bonds. The first kappa shape index (κ1) is 29.9. The topological polar surface area (TPSA) is 70.2 Å². The summed E-state index contributed by atoms with van der Waals surface area (Å²) in [5.41, 5.74) is 0.125. The number of ether oxygens (including phenoxy) is 1. The van der Waals surface area contributed by atoms with E-state index in [1.807, 2.05) is 17.9 Å². The molecule has 3 atom stereocenters.